The topological polar surface area (TPSA) is 55.1 Å². The van der Waals surface area contributed by atoms with Gasteiger partial charge in [-0.25, -0.2) is 0 Å². The van der Waals surface area contributed by atoms with Crippen LogP contribution >= 0.6 is 11.8 Å². The molecule has 0 aliphatic heterocycles. The zero-order chi connectivity index (χ0) is 12.3. The average Bonchev–Trinajstić information content (AvgIpc) is 3.14. The summed E-state index contributed by atoms with van der Waals surface area (Å²) in [5, 5.41) is 3.25. The first-order valence-electron chi connectivity index (χ1n) is 5.87. The molecule has 1 amide bonds. The SMILES string of the molecule is CSc1ccc(C(NCC2CC2)C(N)=O)cc1. The first kappa shape index (κ1) is 12.5. The van der Waals surface area contributed by atoms with E-state index < -0.39 is 0 Å². The van der Waals surface area contributed by atoms with Crippen molar-refractivity contribution in [2.24, 2.45) is 11.7 Å². The minimum Gasteiger partial charge on any atom is -0.368 e. The Morgan fingerprint density at radius 3 is 2.59 bits per heavy atom. The lowest BCUT2D eigenvalue weighted by atomic mass is 10.1. The summed E-state index contributed by atoms with van der Waals surface area (Å²) < 4.78 is 0. The molecule has 2 rings (SSSR count). The van der Waals surface area contributed by atoms with Crippen molar-refractivity contribution in [3.63, 3.8) is 0 Å². The molecule has 0 aromatic heterocycles. The third kappa shape index (κ3) is 3.48. The van der Waals surface area contributed by atoms with Gasteiger partial charge in [-0.2, -0.15) is 0 Å². The number of nitrogens with one attached hydrogen (secondary N) is 1. The molecule has 0 radical (unpaired) electrons. The Morgan fingerprint density at radius 1 is 1.47 bits per heavy atom. The van der Waals surface area contributed by atoms with E-state index in [1.165, 1.54) is 17.7 Å². The number of rotatable bonds is 6. The van der Waals surface area contributed by atoms with E-state index in [-0.39, 0.29) is 11.9 Å². The van der Waals surface area contributed by atoms with E-state index in [0.717, 1.165) is 18.0 Å². The minimum atomic E-state index is -0.355. The summed E-state index contributed by atoms with van der Waals surface area (Å²) in [6.07, 6.45) is 4.57. The van der Waals surface area contributed by atoms with Gasteiger partial charge in [-0.3, -0.25) is 4.79 Å². The van der Waals surface area contributed by atoms with E-state index >= 15 is 0 Å². The lowest BCUT2D eigenvalue weighted by Crippen LogP contribution is -2.34. The molecule has 3 nitrogen and oxygen atoms in total. The van der Waals surface area contributed by atoms with Gasteiger partial charge in [0.15, 0.2) is 0 Å². The molecule has 4 heteroatoms. The lowest BCUT2D eigenvalue weighted by molar-refractivity contribution is -0.120. The van der Waals surface area contributed by atoms with Crippen LogP contribution in [0.4, 0.5) is 0 Å². The second kappa shape index (κ2) is 5.56. The number of carbonyl (C=O) groups is 1. The predicted octanol–water partition coefficient (Wildman–Crippen LogP) is 1.93. The molecule has 17 heavy (non-hydrogen) atoms. The van der Waals surface area contributed by atoms with Gasteiger partial charge in [0.1, 0.15) is 6.04 Å². The summed E-state index contributed by atoms with van der Waals surface area (Å²) in [6.45, 7) is 0.887. The first-order valence-corrected chi connectivity index (χ1v) is 7.10. The molecule has 1 aromatic rings. The van der Waals surface area contributed by atoms with Crippen molar-refractivity contribution in [1.29, 1.82) is 0 Å². The Hall–Kier alpha value is -1.00. The number of benzene rings is 1. The quantitative estimate of drug-likeness (QED) is 0.759. The van der Waals surface area contributed by atoms with Crippen LogP contribution in [0.25, 0.3) is 0 Å². The predicted molar refractivity (Wildman–Crippen MR) is 70.9 cm³/mol. The Bertz CT molecular complexity index is 387. The lowest BCUT2D eigenvalue weighted by Gasteiger charge is -2.15. The molecule has 3 N–H and O–H groups in total. The normalized spacial score (nSPS) is 16.8. The molecule has 1 saturated carbocycles. The molecule has 1 aliphatic rings. The highest BCUT2D eigenvalue weighted by Gasteiger charge is 2.24. The Balaban J connectivity index is 2.04. The standard InChI is InChI=1S/C13H18N2OS/c1-17-11-6-4-10(5-7-11)12(13(14)16)15-8-9-2-3-9/h4-7,9,12,15H,2-3,8H2,1H3,(H2,14,16). The summed E-state index contributed by atoms with van der Waals surface area (Å²) in [4.78, 5) is 12.6. The summed E-state index contributed by atoms with van der Waals surface area (Å²) >= 11 is 1.69. The highest BCUT2D eigenvalue weighted by Crippen LogP contribution is 2.28. The largest absolute Gasteiger partial charge is 0.368 e. The van der Waals surface area contributed by atoms with Crippen molar-refractivity contribution >= 4 is 17.7 Å². The van der Waals surface area contributed by atoms with Crippen LogP contribution in [0, 0.1) is 5.92 Å². The maximum atomic E-state index is 11.4. The smallest absolute Gasteiger partial charge is 0.239 e. The third-order valence-corrected chi connectivity index (χ3v) is 3.78. The Labute approximate surface area is 106 Å². The molecule has 1 atom stereocenters. The van der Waals surface area contributed by atoms with E-state index in [1.807, 2.05) is 30.5 Å². The number of carbonyl (C=O) groups excluding carboxylic acids is 1. The van der Waals surface area contributed by atoms with Crippen molar-refractivity contribution in [2.75, 3.05) is 12.8 Å². The van der Waals surface area contributed by atoms with Gasteiger partial charge < -0.3 is 11.1 Å². The van der Waals surface area contributed by atoms with Crippen LogP contribution in [0.15, 0.2) is 29.2 Å². The summed E-state index contributed by atoms with van der Waals surface area (Å²) in [5.41, 5.74) is 6.39. The van der Waals surface area contributed by atoms with Gasteiger partial charge in [0.05, 0.1) is 0 Å². The highest BCUT2D eigenvalue weighted by molar-refractivity contribution is 7.98. The van der Waals surface area contributed by atoms with Crippen molar-refractivity contribution in [1.82, 2.24) is 5.32 Å². The summed E-state index contributed by atoms with van der Waals surface area (Å²) in [5.74, 6) is 0.435. The number of hydrogen-bond donors (Lipinski definition) is 2. The molecular formula is C13H18N2OS. The second-order valence-corrected chi connectivity index (χ2v) is 5.34. The van der Waals surface area contributed by atoms with Crippen LogP contribution in [-0.2, 0) is 4.79 Å². The zero-order valence-electron chi connectivity index (χ0n) is 9.98. The minimum absolute atomic E-state index is 0.303. The molecule has 1 aliphatic carbocycles. The summed E-state index contributed by atoms with van der Waals surface area (Å²) in [7, 11) is 0. The van der Waals surface area contributed by atoms with Crippen molar-refractivity contribution in [3.05, 3.63) is 29.8 Å². The van der Waals surface area contributed by atoms with Gasteiger partial charge in [-0.1, -0.05) is 12.1 Å². The molecule has 0 saturated heterocycles. The molecule has 1 unspecified atom stereocenters. The third-order valence-electron chi connectivity index (χ3n) is 3.04. The molecule has 0 bridgehead atoms. The average molecular weight is 250 g/mol. The van der Waals surface area contributed by atoms with Gasteiger partial charge in [0.2, 0.25) is 5.91 Å². The van der Waals surface area contributed by atoms with E-state index in [1.54, 1.807) is 11.8 Å². The fraction of sp³-hybridized carbons (Fsp3) is 0.462. The van der Waals surface area contributed by atoms with Gasteiger partial charge >= 0.3 is 0 Å². The maximum Gasteiger partial charge on any atom is 0.239 e. The fourth-order valence-electron chi connectivity index (χ4n) is 1.79. The number of amides is 1. The van der Waals surface area contributed by atoms with Crippen LogP contribution < -0.4 is 11.1 Å². The number of nitrogens with two attached hydrogens (primary N) is 1. The molecule has 0 heterocycles. The van der Waals surface area contributed by atoms with Crippen LogP contribution in [0.2, 0.25) is 0 Å². The van der Waals surface area contributed by atoms with E-state index in [9.17, 15) is 4.79 Å². The van der Waals surface area contributed by atoms with E-state index in [2.05, 4.69) is 5.32 Å². The summed E-state index contributed by atoms with van der Waals surface area (Å²) in [6, 6.07) is 7.64. The van der Waals surface area contributed by atoms with Crippen molar-refractivity contribution in [2.45, 2.75) is 23.8 Å². The molecule has 1 aromatic carbocycles. The van der Waals surface area contributed by atoms with E-state index in [4.69, 9.17) is 5.73 Å². The van der Waals surface area contributed by atoms with Crippen molar-refractivity contribution < 1.29 is 4.79 Å². The van der Waals surface area contributed by atoms with Gasteiger partial charge in [0.25, 0.3) is 0 Å². The monoisotopic (exact) mass is 250 g/mol. The fourth-order valence-corrected chi connectivity index (χ4v) is 2.19. The molecule has 0 spiro atoms. The van der Waals surface area contributed by atoms with Crippen LogP contribution in [0.3, 0.4) is 0 Å². The Morgan fingerprint density at radius 2 is 2.12 bits per heavy atom. The molecule has 1 fully saturated rings. The highest BCUT2D eigenvalue weighted by atomic mass is 32.2. The number of thioether (sulfide) groups is 1. The van der Waals surface area contributed by atoms with Crippen LogP contribution in [-0.4, -0.2) is 18.7 Å². The molecular weight excluding hydrogens is 232 g/mol. The number of primary amides is 1. The van der Waals surface area contributed by atoms with E-state index in [0.29, 0.717) is 0 Å². The number of hydrogen-bond acceptors (Lipinski definition) is 3. The van der Waals surface area contributed by atoms with Gasteiger partial charge in [-0.05, 0) is 49.3 Å². The van der Waals surface area contributed by atoms with Crippen LogP contribution in [0.5, 0.6) is 0 Å². The molecule has 92 valence electrons. The zero-order valence-corrected chi connectivity index (χ0v) is 10.8. The second-order valence-electron chi connectivity index (χ2n) is 4.46. The maximum absolute atomic E-state index is 11.4. The van der Waals surface area contributed by atoms with Gasteiger partial charge in [0, 0.05) is 4.90 Å². The van der Waals surface area contributed by atoms with Gasteiger partial charge in [-0.15, -0.1) is 11.8 Å². The first-order chi connectivity index (χ1) is 8.20. The van der Waals surface area contributed by atoms with Crippen molar-refractivity contribution in [3.8, 4) is 0 Å². The Kier molecular flexibility index (Phi) is 4.07. The van der Waals surface area contributed by atoms with Crippen LogP contribution in [0.1, 0.15) is 24.4 Å².